The predicted molar refractivity (Wildman–Crippen MR) is 115 cm³/mol. The van der Waals surface area contributed by atoms with Crippen LogP contribution in [0, 0.1) is 0 Å². The number of fused-ring (bicyclic) bond motifs is 1. The zero-order chi connectivity index (χ0) is 20.1. The normalized spacial score (nSPS) is 17.0. The van der Waals surface area contributed by atoms with Crippen molar-refractivity contribution in [1.82, 2.24) is 24.9 Å². The van der Waals surface area contributed by atoms with Crippen LogP contribution in [0.4, 0.5) is 4.79 Å². The molecule has 0 bridgehead atoms. The first-order chi connectivity index (χ1) is 14.2. The summed E-state index contributed by atoms with van der Waals surface area (Å²) >= 11 is 0. The quantitative estimate of drug-likeness (QED) is 0.817. The van der Waals surface area contributed by atoms with Gasteiger partial charge in [-0.2, -0.15) is 5.10 Å². The lowest BCUT2D eigenvalue weighted by molar-refractivity contribution is 0.202. The van der Waals surface area contributed by atoms with E-state index in [0.29, 0.717) is 13.1 Å². The molecule has 0 saturated heterocycles. The van der Waals surface area contributed by atoms with E-state index in [9.17, 15) is 4.79 Å². The molecule has 154 valence electrons. The van der Waals surface area contributed by atoms with Crippen molar-refractivity contribution in [2.75, 3.05) is 26.2 Å². The maximum absolute atomic E-state index is 12.6. The number of nitrogens with zero attached hydrogens (tertiary/aromatic N) is 4. The van der Waals surface area contributed by atoms with Crippen molar-refractivity contribution in [2.24, 2.45) is 0 Å². The Morgan fingerprint density at radius 2 is 2.03 bits per heavy atom. The second-order valence-electron chi connectivity index (χ2n) is 7.93. The molecule has 0 unspecified atom stereocenters. The van der Waals surface area contributed by atoms with Crippen LogP contribution in [0.15, 0.2) is 42.5 Å². The highest BCUT2D eigenvalue weighted by molar-refractivity contribution is 5.76. The Hall–Kier alpha value is -2.60. The summed E-state index contributed by atoms with van der Waals surface area (Å²) in [7, 11) is 0. The van der Waals surface area contributed by atoms with Crippen molar-refractivity contribution in [3.8, 4) is 0 Å². The van der Waals surface area contributed by atoms with Gasteiger partial charge in [0.25, 0.3) is 0 Å². The van der Waals surface area contributed by atoms with Crippen molar-refractivity contribution in [3.05, 3.63) is 59.4 Å². The molecule has 1 N–H and O–H groups in total. The number of urea groups is 1. The van der Waals surface area contributed by atoms with Crippen LogP contribution in [0.25, 0.3) is 5.57 Å². The van der Waals surface area contributed by atoms with Gasteiger partial charge < -0.3 is 10.2 Å². The molecule has 0 aliphatic carbocycles. The van der Waals surface area contributed by atoms with Gasteiger partial charge in [0.1, 0.15) is 0 Å². The van der Waals surface area contributed by atoms with Gasteiger partial charge in [0.05, 0.1) is 24.5 Å². The summed E-state index contributed by atoms with van der Waals surface area (Å²) in [5, 5.41) is 7.73. The number of nitrogens with one attached hydrogen (secondary N) is 1. The summed E-state index contributed by atoms with van der Waals surface area (Å²) in [6.45, 7) is 8.23. The number of unbranched alkanes of at least 4 members (excludes halogenated alkanes) is 1. The van der Waals surface area contributed by atoms with Crippen molar-refractivity contribution >= 4 is 11.6 Å². The third-order valence-corrected chi connectivity index (χ3v) is 5.82. The number of rotatable bonds is 6. The first-order valence-corrected chi connectivity index (χ1v) is 10.8. The maximum Gasteiger partial charge on any atom is 0.318 e. The standard InChI is InChI=1S/C23H31N5O/c1-2-3-11-26-14-15-28-22(18-26)16-21(25-28)17-24-23(29)27-12-9-20(10-13-27)19-7-5-4-6-8-19/h4-9,16H,2-3,10-15,17-18H2,1H3,(H,24,29). The van der Waals surface area contributed by atoms with E-state index in [4.69, 9.17) is 0 Å². The van der Waals surface area contributed by atoms with E-state index in [1.165, 1.54) is 29.7 Å². The van der Waals surface area contributed by atoms with Gasteiger partial charge in [0, 0.05) is 26.2 Å². The molecule has 4 rings (SSSR count). The summed E-state index contributed by atoms with van der Waals surface area (Å²) in [5.74, 6) is 0. The number of hydrogen-bond donors (Lipinski definition) is 1. The van der Waals surface area contributed by atoms with Crippen LogP contribution in [0.3, 0.4) is 0 Å². The molecule has 0 fully saturated rings. The van der Waals surface area contributed by atoms with E-state index >= 15 is 0 Å². The predicted octanol–water partition coefficient (Wildman–Crippen LogP) is 3.50. The smallest absolute Gasteiger partial charge is 0.318 e. The van der Waals surface area contributed by atoms with Crippen molar-refractivity contribution in [1.29, 1.82) is 0 Å². The molecular weight excluding hydrogens is 362 g/mol. The number of carbonyl (C=O) groups is 1. The van der Waals surface area contributed by atoms with Crippen molar-refractivity contribution < 1.29 is 4.79 Å². The Balaban J connectivity index is 1.28. The molecule has 0 spiro atoms. The summed E-state index contributed by atoms with van der Waals surface area (Å²) in [6.07, 6.45) is 5.53. The van der Waals surface area contributed by atoms with Gasteiger partial charge in [0.2, 0.25) is 0 Å². The zero-order valence-electron chi connectivity index (χ0n) is 17.3. The molecule has 0 radical (unpaired) electrons. The van der Waals surface area contributed by atoms with Gasteiger partial charge in [-0.15, -0.1) is 0 Å². The van der Waals surface area contributed by atoms with Crippen LogP contribution in [0.1, 0.15) is 43.1 Å². The lowest BCUT2D eigenvalue weighted by atomic mass is 10.00. The van der Waals surface area contributed by atoms with Crippen LogP contribution < -0.4 is 5.32 Å². The average Bonchev–Trinajstić information content (AvgIpc) is 3.19. The maximum atomic E-state index is 12.6. The molecule has 6 nitrogen and oxygen atoms in total. The van der Waals surface area contributed by atoms with E-state index in [1.54, 1.807) is 0 Å². The Kier molecular flexibility index (Phi) is 6.30. The van der Waals surface area contributed by atoms with E-state index in [0.717, 1.165) is 44.8 Å². The number of carbonyl (C=O) groups excluding carboxylic acids is 1. The molecule has 2 aliphatic heterocycles. The molecule has 3 heterocycles. The molecule has 2 amide bonds. The number of hydrogen-bond acceptors (Lipinski definition) is 3. The van der Waals surface area contributed by atoms with Crippen LogP contribution >= 0.6 is 0 Å². The third-order valence-electron chi connectivity index (χ3n) is 5.82. The van der Waals surface area contributed by atoms with Crippen LogP contribution in [-0.4, -0.2) is 51.8 Å². The van der Waals surface area contributed by atoms with Crippen molar-refractivity contribution in [2.45, 2.75) is 45.8 Å². The first-order valence-electron chi connectivity index (χ1n) is 10.8. The minimum absolute atomic E-state index is 0.0103. The summed E-state index contributed by atoms with van der Waals surface area (Å²) in [5.41, 5.74) is 4.78. The van der Waals surface area contributed by atoms with Gasteiger partial charge in [-0.25, -0.2) is 4.79 Å². The Bertz CT molecular complexity index is 857. The molecule has 29 heavy (non-hydrogen) atoms. The van der Waals surface area contributed by atoms with E-state index in [1.807, 2.05) is 11.0 Å². The molecule has 1 aromatic carbocycles. The van der Waals surface area contributed by atoms with Crippen LogP contribution in [0.5, 0.6) is 0 Å². The highest BCUT2D eigenvalue weighted by Crippen LogP contribution is 2.22. The van der Waals surface area contributed by atoms with Crippen molar-refractivity contribution in [3.63, 3.8) is 0 Å². The lowest BCUT2D eigenvalue weighted by Gasteiger charge is -2.27. The highest BCUT2D eigenvalue weighted by Gasteiger charge is 2.20. The summed E-state index contributed by atoms with van der Waals surface area (Å²) in [6, 6.07) is 12.5. The van der Waals surface area contributed by atoms with E-state index < -0.39 is 0 Å². The molecule has 1 aromatic heterocycles. The topological polar surface area (TPSA) is 53.4 Å². The number of benzene rings is 1. The monoisotopic (exact) mass is 393 g/mol. The van der Waals surface area contributed by atoms with Gasteiger partial charge in [-0.1, -0.05) is 49.8 Å². The highest BCUT2D eigenvalue weighted by atomic mass is 16.2. The second kappa shape index (κ2) is 9.27. The molecule has 0 atom stereocenters. The SMILES string of the molecule is CCCCN1CCn2nc(CNC(=O)N3CC=C(c4ccccc4)CC3)cc2C1. The fourth-order valence-corrected chi connectivity index (χ4v) is 4.09. The Morgan fingerprint density at radius 3 is 2.79 bits per heavy atom. The third kappa shape index (κ3) is 4.88. The van der Waals surface area contributed by atoms with E-state index in [-0.39, 0.29) is 6.03 Å². The minimum atomic E-state index is -0.0103. The fraction of sp³-hybridized carbons (Fsp3) is 0.478. The van der Waals surface area contributed by atoms with Crippen LogP contribution in [-0.2, 0) is 19.6 Å². The number of aromatic nitrogens is 2. The summed E-state index contributed by atoms with van der Waals surface area (Å²) in [4.78, 5) is 16.9. The number of amides is 2. The summed E-state index contributed by atoms with van der Waals surface area (Å²) < 4.78 is 2.10. The minimum Gasteiger partial charge on any atom is -0.332 e. The largest absolute Gasteiger partial charge is 0.332 e. The van der Waals surface area contributed by atoms with Gasteiger partial charge in [-0.05, 0) is 36.6 Å². The average molecular weight is 394 g/mol. The second-order valence-corrected chi connectivity index (χ2v) is 7.93. The van der Waals surface area contributed by atoms with E-state index in [2.05, 4.69) is 63.3 Å². The van der Waals surface area contributed by atoms with Gasteiger partial charge >= 0.3 is 6.03 Å². The Morgan fingerprint density at radius 1 is 1.17 bits per heavy atom. The molecule has 6 heteroatoms. The molecular formula is C23H31N5O. The van der Waals surface area contributed by atoms with Crippen LogP contribution in [0.2, 0.25) is 0 Å². The molecule has 2 aromatic rings. The lowest BCUT2D eigenvalue weighted by Crippen LogP contribution is -2.41. The fourth-order valence-electron chi connectivity index (χ4n) is 4.09. The van der Waals surface area contributed by atoms with Gasteiger partial charge in [-0.3, -0.25) is 9.58 Å². The first kappa shape index (κ1) is 19.7. The van der Waals surface area contributed by atoms with Gasteiger partial charge in [0.15, 0.2) is 0 Å². The molecule has 2 aliphatic rings. The Labute approximate surface area is 173 Å². The molecule has 0 saturated carbocycles. The zero-order valence-corrected chi connectivity index (χ0v) is 17.3.